The molecule has 2 heterocycles. The molecule has 2 aromatic rings. The van der Waals surface area contributed by atoms with Gasteiger partial charge in [0, 0.05) is 50.5 Å². The molecule has 4 rings (SSSR count). The minimum Gasteiger partial charge on any atom is -0.341 e. The maximum absolute atomic E-state index is 13.1. The summed E-state index contributed by atoms with van der Waals surface area (Å²) >= 11 is 0. The second kappa shape index (κ2) is 10.2. The summed E-state index contributed by atoms with van der Waals surface area (Å²) in [5.41, 5.74) is 2.12. The van der Waals surface area contributed by atoms with Crippen molar-refractivity contribution in [2.45, 2.75) is 51.0 Å². The molecule has 0 unspecified atom stereocenters. The zero-order valence-electron chi connectivity index (χ0n) is 17.7. The van der Waals surface area contributed by atoms with E-state index in [2.05, 4.69) is 20.9 Å². The zero-order valence-corrected chi connectivity index (χ0v) is 17.7. The molecule has 0 radical (unpaired) electrons. The Kier molecular flexibility index (Phi) is 7.11. The molecule has 1 amide bonds. The van der Waals surface area contributed by atoms with Crippen LogP contribution in [0.25, 0.3) is 0 Å². The predicted molar refractivity (Wildman–Crippen MR) is 117 cm³/mol. The molecule has 4 nitrogen and oxygen atoms in total. The van der Waals surface area contributed by atoms with Crippen LogP contribution in [0.3, 0.4) is 0 Å². The Bertz CT molecular complexity index is 805. The lowest BCUT2D eigenvalue weighted by atomic mass is 10.0. The molecule has 1 atom stereocenters. The van der Waals surface area contributed by atoms with Gasteiger partial charge in [-0.25, -0.2) is 4.39 Å². The van der Waals surface area contributed by atoms with Crippen LogP contribution in [0, 0.1) is 11.7 Å². The second-order valence-electron chi connectivity index (χ2n) is 8.79. The van der Waals surface area contributed by atoms with E-state index in [1.165, 1.54) is 37.8 Å². The Morgan fingerprint density at radius 2 is 1.83 bits per heavy atom. The first-order valence-corrected chi connectivity index (χ1v) is 11.3. The summed E-state index contributed by atoms with van der Waals surface area (Å²) in [5, 5.41) is 0. The largest absolute Gasteiger partial charge is 0.341 e. The summed E-state index contributed by atoms with van der Waals surface area (Å²) in [6, 6.07) is 13.2. The number of halogens is 1. The molecule has 1 aromatic heterocycles. The Hall–Kier alpha value is -2.27. The van der Waals surface area contributed by atoms with Crippen molar-refractivity contribution in [3.05, 3.63) is 65.7 Å². The highest BCUT2D eigenvalue weighted by molar-refractivity contribution is 5.76. The molecule has 1 aliphatic carbocycles. The van der Waals surface area contributed by atoms with Crippen molar-refractivity contribution < 1.29 is 9.18 Å². The summed E-state index contributed by atoms with van der Waals surface area (Å²) in [6.07, 6.45) is 9.12. The van der Waals surface area contributed by atoms with Gasteiger partial charge in [0.1, 0.15) is 5.82 Å². The monoisotopic (exact) mass is 409 g/mol. The van der Waals surface area contributed by atoms with Crippen LogP contribution in [0.15, 0.2) is 48.7 Å². The number of rotatable bonds is 6. The molecule has 1 aliphatic heterocycles. The average Bonchev–Trinajstić information content (AvgIpc) is 3.22. The number of nitrogens with zero attached hydrogens (tertiary/aromatic N) is 3. The van der Waals surface area contributed by atoms with E-state index in [-0.39, 0.29) is 11.7 Å². The fourth-order valence-electron chi connectivity index (χ4n) is 4.96. The van der Waals surface area contributed by atoms with Crippen molar-refractivity contribution in [1.82, 2.24) is 14.8 Å². The first-order valence-electron chi connectivity index (χ1n) is 11.3. The Balaban J connectivity index is 1.41. The normalized spacial score (nSPS) is 21.0. The molecule has 1 aromatic carbocycles. The van der Waals surface area contributed by atoms with Gasteiger partial charge in [-0.15, -0.1) is 0 Å². The second-order valence-corrected chi connectivity index (χ2v) is 8.79. The zero-order chi connectivity index (χ0) is 20.8. The third-order valence-corrected chi connectivity index (χ3v) is 6.59. The molecular formula is C25H32FN3O. The van der Waals surface area contributed by atoms with E-state index in [1.54, 1.807) is 12.1 Å². The number of pyridine rings is 1. The molecule has 5 heteroatoms. The molecule has 2 fully saturated rings. The standard InChI is InChI=1S/C25H32FN3O/c26-22-11-8-20(9-12-22)10-13-25(30)29-16-15-28(24-6-1-2-7-24)18-21(19-29)17-23-5-3-4-14-27-23/h3-5,8-9,11-12,14,21,24H,1-2,6-7,10,13,15-19H2/t21-/m1/s1. The smallest absolute Gasteiger partial charge is 0.222 e. The molecule has 1 saturated heterocycles. The molecule has 0 bridgehead atoms. The molecule has 2 aliphatic rings. The highest BCUT2D eigenvalue weighted by Gasteiger charge is 2.30. The van der Waals surface area contributed by atoms with Crippen LogP contribution in [0.4, 0.5) is 4.39 Å². The molecule has 30 heavy (non-hydrogen) atoms. The first-order chi connectivity index (χ1) is 14.7. The summed E-state index contributed by atoms with van der Waals surface area (Å²) in [6.45, 7) is 3.61. The quantitative estimate of drug-likeness (QED) is 0.721. The molecular weight excluding hydrogens is 377 g/mol. The van der Waals surface area contributed by atoms with E-state index in [9.17, 15) is 9.18 Å². The Morgan fingerprint density at radius 3 is 2.57 bits per heavy atom. The lowest BCUT2D eigenvalue weighted by molar-refractivity contribution is -0.131. The predicted octanol–water partition coefficient (Wildman–Crippen LogP) is 4.10. The van der Waals surface area contributed by atoms with E-state index >= 15 is 0 Å². The summed E-state index contributed by atoms with van der Waals surface area (Å²) in [5.74, 6) is 0.373. The fourth-order valence-corrected chi connectivity index (χ4v) is 4.96. The third-order valence-electron chi connectivity index (χ3n) is 6.59. The van der Waals surface area contributed by atoms with Gasteiger partial charge in [0.05, 0.1) is 0 Å². The van der Waals surface area contributed by atoms with Gasteiger partial charge >= 0.3 is 0 Å². The van der Waals surface area contributed by atoms with E-state index < -0.39 is 0 Å². The van der Waals surface area contributed by atoms with Crippen LogP contribution in [-0.4, -0.2) is 52.9 Å². The molecule has 0 N–H and O–H groups in total. The number of benzene rings is 1. The maximum atomic E-state index is 13.1. The van der Waals surface area contributed by atoms with Gasteiger partial charge in [-0.05, 0) is 61.4 Å². The number of carbonyl (C=O) groups excluding carboxylic acids is 1. The van der Waals surface area contributed by atoms with E-state index in [0.717, 1.165) is 43.9 Å². The van der Waals surface area contributed by atoms with E-state index in [1.807, 2.05) is 18.3 Å². The number of hydrogen-bond donors (Lipinski definition) is 0. The van der Waals surface area contributed by atoms with Gasteiger partial charge < -0.3 is 4.90 Å². The van der Waals surface area contributed by atoms with Crippen molar-refractivity contribution in [3.63, 3.8) is 0 Å². The number of carbonyl (C=O) groups is 1. The van der Waals surface area contributed by atoms with Crippen LogP contribution in [-0.2, 0) is 17.6 Å². The van der Waals surface area contributed by atoms with Crippen molar-refractivity contribution >= 4 is 5.91 Å². The lowest BCUT2D eigenvalue weighted by Crippen LogP contribution is -2.38. The van der Waals surface area contributed by atoms with Gasteiger partial charge in [-0.3, -0.25) is 14.7 Å². The van der Waals surface area contributed by atoms with Crippen LogP contribution >= 0.6 is 0 Å². The number of aryl methyl sites for hydroxylation is 1. The van der Waals surface area contributed by atoms with Gasteiger partial charge in [0.2, 0.25) is 5.91 Å². The van der Waals surface area contributed by atoms with Crippen molar-refractivity contribution in [1.29, 1.82) is 0 Å². The molecule has 0 spiro atoms. The Morgan fingerprint density at radius 1 is 1.03 bits per heavy atom. The highest BCUT2D eigenvalue weighted by atomic mass is 19.1. The minimum atomic E-state index is -0.234. The maximum Gasteiger partial charge on any atom is 0.222 e. The summed E-state index contributed by atoms with van der Waals surface area (Å²) in [4.78, 5) is 22.3. The van der Waals surface area contributed by atoms with Crippen molar-refractivity contribution in [2.75, 3.05) is 26.2 Å². The van der Waals surface area contributed by atoms with Gasteiger partial charge in [0.15, 0.2) is 0 Å². The van der Waals surface area contributed by atoms with Gasteiger partial charge in [0.25, 0.3) is 0 Å². The van der Waals surface area contributed by atoms with Crippen LogP contribution in [0.2, 0.25) is 0 Å². The van der Waals surface area contributed by atoms with Gasteiger partial charge in [-0.1, -0.05) is 31.0 Å². The van der Waals surface area contributed by atoms with E-state index in [0.29, 0.717) is 24.8 Å². The SMILES string of the molecule is O=C(CCc1ccc(F)cc1)N1CCN(C2CCCC2)C[C@@H](Cc2ccccn2)C1. The fraction of sp³-hybridized carbons (Fsp3) is 0.520. The number of amides is 1. The van der Waals surface area contributed by atoms with Crippen LogP contribution in [0.5, 0.6) is 0 Å². The third kappa shape index (κ3) is 5.66. The Labute approximate surface area is 179 Å². The van der Waals surface area contributed by atoms with Gasteiger partial charge in [-0.2, -0.15) is 0 Å². The number of hydrogen-bond acceptors (Lipinski definition) is 3. The number of aromatic nitrogens is 1. The van der Waals surface area contributed by atoms with E-state index in [4.69, 9.17) is 0 Å². The first kappa shape index (κ1) is 21.0. The lowest BCUT2D eigenvalue weighted by Gasteiger charge is -2.29. The van der Waals surface area contributed by atoms with Crippen LogP contribution in [0.1, 0.15) is 43.4 Å². The summed E-state index contributed by atoms with van der Waals surface area (Å²) < 4.78 is 13.1. The topological polar surface area (TPSA) is 36.4 Å². The minimum absolute atomic E-state index is 0.207. The van der Waals surface area contributed by atoms with Crippen molar-refractivity contribution in [3.8, 4) is 0 Å². The average molecular weight is 410 g/mol. The summed E-state index contributed by atoms with van der Waals surface area (Å²) in [7, 11) is 0. The highest BCUT2D eigenvalue weighted by Crippen LogP contribution is 2.26. The molecule has 160 valence electrons. The van der Waals surface area contributed by atoms with Crippen molar-refractivity contribution in [2.24, 2.45) is 5.92 Å². The van der Waals surface area contributed by atoms with Crippen LogP contribution < -0.4 is 0 Å². The molecule has 1 saturated carbocycles.